The van der Waals surface area contributed by atoms with E-state index in [1.54, 1.807) is 12.4 Å². The van der Waals surface area contributed by atoms with Gasteiger partial charge in [-0.3, -0.25) is 9.59 Å². The molecule has 0 spiro atoms. The number of hydrazone groups is 2. The molecule has 2 aromatic rings. The summed E-state index contributed by atoms with van der Waals surface area (Å²) in [6.45, 7) is 0. The highest BCUT2D eigenvalue weighted by atomic mass is 16.2. The highest BCUT2D eigenvalue weighted by Gasteiger charge is 2.11. The molecule has 202 valence electrons. The number of amides is 2. The van der Waals surface area contributed by atoms with E-state index < -0.39 is 0 Å². The van der Waals surface area contributed by atoms with E-state index in [0.717, 1.165) is 62.5 Å². The maximum absolute atomic E-state index is 12.0. The molecule has 0 saturated heterocycles. The van der Waals surface area contributed by atoms with Crippen LogP contribution in [-0.4, -0.2) is 24.2 Å². The van der Waals surface area contributed by atoms with Crippen LogP contribution < -0.4 is 10.9 Å². The van der Waals surface area contributed by atoms with E-state index in [-0.39, 0.29) is 11.8 Å². The number of unbranched alkanes of at least 4 members (excludes halogenated alkanes) is 7. The lowest BCUT2D eigenvalue weighted by Gasteiger charge is -2.03. The van der Waals surface area contributed by atoms with E-state index in [2.05, 4.69) is 57.5 Å². The number of hydrogen-bond acceptors (Lipinski definition) is 4. The monoisotopic (exact) mass is 514 g/mol. The Bertz CT molecular complexity index is 1050. The second kappa shape index (κ2) is 15.2. The Morgan fingerprint density at radius 1 is 0.579 bits per heavy atom. The van der Waals surface area contributed by atoms with E-state index >= 15 is 0 Å². The van der Waals surface area contributed by atoms with Crippen molar-refractivity contribution in [3.8, 4) is 0 Å². The van der Waals surface area contributed by atoms with Crippen molar-refractivity contribution in [3.63, 3.8) is 0 Å². The minimum Gasteiger partial charge on any atom is -0.273 e. The highest BCUT2D eigenvalue weighted by molar-refractivity contribution is 5.83. The Morgan fingerprint density at radius 2 is 0.974 bits per heavy atom. The van der Waals surface area contributed by atoms with Gasteiger partial charge in [0.05, 0.1) is 12.4 Å². The SMILES string of the molecule is O=C(CCCCCCCCCCC(=O)NN=Cc1ccc2c(c1)CCC2)NN=Cc1ccc2c(c1)CCC2. The lowest BCUT2D eigenvalue weighted by atomic mass is 10.1. The van der Waals surface area contributed by atoms with Crippen molar-refractivity contribution in [3.05, 3.63) is 69.8 Å². The average molecular weight is 515 g/mol. The quantitative estimate of drug-likeness (QED) is 0.169. The Hall–Kier alpha value is -3.28. The molecule has 2 N–H and O–H groups in total. The zero-order valence-corrected chi connectivity index (χ0v) is 22.6. The number of aryl methyl sites for hydroxylation is 4. The molecule has 6 nitrogen and oxygen atoms in total. The Labute approximate surface area is 227 Å². The number of rotatable bonds is 15. The highest BCUT2D eigenvalue weighted by Crippen LogP contribution is 2.23. The molecule has 6 heteroatoms. The first-order valence-electron chi connectivity index (χ1n) is 14.5. The second-order valence-electron chi connectivity index (χ2n) is 10.7. The fourth-order valence-electron chi connectivity index (χ4n) is 5.45. The van der Waals surface area contributed by atoms with Crippen molar-refractivity contribution in [2.75, 3.05) is 0 Å². The molecule has 0 fully saturated rings. The van der Waals surface area contributed by atoms with Gasteiger partial charge >= 0.3 is 0 Å². The number of hydrogen-bond donors (Lipinski definition) is 2. The molecular weight excluding hydrogens is 472 g/mol. The lowest BCUT2D eigenvalue weighted by molar-refractivity contribution is -0.122. The van der Waals surface area contributed by atoms with Gasteiger partial charge in [0.25, 0.3) is 0 Å². The maximum Gasteiger partial charge on any atom is 0.240 e. The van der Waals surface area contributed by atoms with E-state index in [1.165, 1.54) is 60.8 Å². The molecule has 0 bridgehead atoms. The summed E-state index contributed by atoms with van der Waals surface area (Å²) in [6.07, 6.45) is 20.2. The molecule has 38 heavy (non-hydrogen) atoms. The van der Waals surface area contributed by atoms with Crippen molar-refractivity contribution >= 4 is 24.2 Å². The molecule has 4 rings (SSSR count). The third-order valence-electron chi connectivity index (χ3n) is 7.61. The fraction of sp³-hybridized carbons (Fsp3) is 0.500. The van der Waals surface area contributed by atoms with Crippen molar-refractivity contribution in [1.82, 2.24) is 10.9 Å². The molecule has 2 aromatic carbocycles. The van der Waals surface area contributed by atoms with Crippen LogP contribution in [0, 0.1) is 0 Å². The number of benzene rings is 2. The van der Waals surface area contributed by atoms with Crippen LogP contribution in [0.5, 0.6) is 0 Å². The van der Waals surface area contributed by atoms with Crippen LogP contribution in [0.15, 0.2) is 46.6 Å². The summed E-state index contributed by atoms with van der Waals surface area (Å²) in [5, 5.41) is 8.23. The van der Waals surface area contributed by atoms with Crippen LogP contribution in [0.2, 0.25) is 0 Å². The second-order valence-corrected chi connectivity index (χ2v) is 10.7. The van der Waals surface area contributed by atoms with Gasteiger partial charge in [0, 0.05) is 12.8 Å². The molecule has 0 atom stereocenters. The van der Waals surface area contributed by atoms with Gasteiger partial charge in [0.1, 0.15) is 0 Å². The molecule has 0 unspecified atom stereocenters. The minimum atomic E-state index is -0.0164. The van der Waals surface area contributed by atoms with E-state index in [1.807, 2.05) is 0 Å². The van der Waals surface area contributed by atoms with Gasteiger partial charge in [-0.2, -0.15) is 10.2 Å². The summed E-state index contributed by atoms with van der Waals surface area (Å²) in [5.41, 5.74) is 13.1. The fourth-order valence-corrected chi connectivity index (χ4v) is 5.45. The molecule has 0 aliphatic heterocycles. The van der Waals surface area contributed by atoms with Crippen molar-refractivity contribution in [2.24, 2.45) is 10.2 Å². The summed E-state index contributed by atoms with van der Waals surface area (Å²) < 4.78 is 0. The van der Waals surface area contributed by atoms with Gasteiger partial charge in [-0.25, -0.2) is 10.9 Å². The van der Waals surface area contributed by atoms with Gasteiger partial charge in [0.2, 0.25) is 11.8 Å². The van der Waals surface area contributed by atoms with Gasteiger partial charge in [-0.15, -0.1) is 0 Å². The molecular formula is C32H42N4O2. The predicted octanol–water partition coefficient (Wildman–Crippen LogP) is 6.17. The Balaban J connectivity index is 0.945. The summed E-state index contributed by atoms with van der Waals surface area (Å²) in [6, 6.07) is 12.8. The normalized spacial score (nSPS) is 14.2. The van der Waals surface area contributed by atoms with Crippen molar-refractivity contribution in [1.29, 1.82) is 0 Å². The van der Waals surface area contributed by atoms with E-state index in [4.69, 9.17) is 0 Å². The number of carbonyl (C=O) groups excluding carboxylic acids is 2. The summed E-state index contributed by atoms with van der Waals surface area (Å²) in [7, 11) is 0. The minimum absolute atomic E-state index is 0.0164. The zero-order chi connectivity index (χ0) is 26.4. The van der Waals surface area contributed by atoms with Crippen LogP contribution in [-0.2, 0) is 35.3 Å². The first-order valence-corrected chi connectivity index (χ1v) is 14.5. The smallest absolute Gasteiger partial charge is 0.240 e. The number of carbonyl (C=O) groups is 2. The summed E-state index contributed by atoms with van der Waals surface area (Å²) in [4.78, 5) is 24.0. The van der Waals surface area contributed by atoms with Crippen molar-refractivity contribution in [2.45, 2.75) is 103 Å². The Kier molecular flexibility index (Phi) is 11.1. The molecule has 2 aliphatic rings. The van der Waals surface area contributed by atoms with Crippen LogP contribution >= 0.6 is 0 Å². The van der Waals surface area contributed by atoms with Crippen LogP contribution in [0.1, 0.15) is 110 Å². The molecule has 2 amide bonds. The Morgan fingerprint density at radius 3 is 1.42 bits per heavy atom. The molecule has 0 heterocycles. The van der Waals surface area contributed by atoms with Crippen molar-refractivity contribution < 1.29 is 9.59 Å². The van der Waals surface area contributed by atoms with Gasteiger partial charge < -0.3 is 0 Å². The summed E-state index contributed by atoms with van der Waals surface area (Å²) >= 11 is 0. The van der Waals surface area contributed by atoms with Crippen LogP contribution in [0.4, 0.5) is 0 Å². The van der Waals surface area contributed by atoms with Crippen LogP contribution in [0.3, 0.4) is 0 Å². The van der Waals surface area contributed by atoms with Gasteiger partial charge in [-0.1, -0.05) is 62.8 Å². The third kappa shape index (κ3) is 9.23. The third-order valence-corrected chi connectivity index (χ3v) is 7.61. The number of nitrogens with zero attached hydrogens (tertiary/aromatic N) is 2. The predicted molar refractivity (Wildman–Crippen MR) is 155 cm³/mol. The zero-order valence-electron chi connectivity index (χ0n) is 22.6. The topological polar surface area (TPSA) is 82.9 Å². The summed E-state index contributed by atoms with van der Waals surface area (Å²) in [5.74, 6) is -0.0328. The average Bonchev–Trinajstić information content (AvgIpc) is 3.58. The first-order chi connectivity index (χ1) is 18.7. The maximum atomic E-state index is 12.0. The standard InChI is InChI=1S/C32H42N4O2/c37-31(35-33-23-25-17-19-27-11-9-13-29(27)21-25)15-7-5-3-1-2-4-6-8-16-32(38)36-34-24-26-18-20-28-12-10-14-30(28)22-26/h17-24H,1-16H2,(H,35,37)(H,36,38). The molecule has 2 aliphatic carbocycles. The number of fused-ring (bicyclic) bond motifs is 2. The first kappa shape index (κ1) is 27.7. The molecule has 0 radical (unpaired) electrons. The van der Waals surface area contributed by atoms with Gasteiger partial charge in [0.15, 0.2) is 0 Å². The number of nitrogens with one attached hydrogen (secondary N) is 2. The van der Waals surface area contributed by atoms with Gasteiger partial charge in [-0.05, 0) is 96.9 Å². The molecule has 0 saturated carbocycles. The van der Waals surface area contributed by atoms with E-state index in [0.29, 0.717) is 12.8 Å². The molecule has 0 aromatic heterocycles. The van der Waals surface area contributed by atoms with E-state index in [9.17, 15) is 9.59 Å². The van der Waals surface area contributed by atoms with Crippen LogP contribution in [0.25, 0.3) is 0 Å². The largest absolute Gasteiger partial charge is 0.273 e. The lowest BCUT2D eigenvalue weighted by Crippen LogP contribution is -2.17.